The lowest BCUT2D eigenvalue weighted by molar-refractivity contribution is 0.437. The van der Waals surface area contributed by atoms with Crippen LogP contribution in [0.1, 0.15) is 25.3 Å². The Morgan fingerprint density at radius 2 is 1.90 bits per heavy atom. The van der Waals surface area contributed by atoms with E-state index in [1.54, 1.807) is 0 Å². The van der Waals surface area contributed by atoms with Crippen molar-refractivity contribution >= 4 is 28.8 Å². The van der Waals surface area contributed by atoms with Gasteiger partial charge >= 0.3 is 0 Å². The molecule has 1 aromatic carbocycles. The fourth-order valence-electron chi connectivity index (χ4n) is 2.23. The number of anilines is 1. The van der Waals surface area contributed by atoms with Crippen molar-refractivity contribution in [3.05, 3.63) is 46.3 Å². The van der Waals surface area contributed by atoms with E-state index in [0.29, 0.717) is 22.5 Å². The Morgan fingerprint density at radius 1 is 1.19 bits per heavy atom. The largest absolute Gasteiger partial charge is 0.380 e. The highest BCUT2D eigenvalue weighted by Crippen LogP contribution is 2.42. The fraction of sp³-hybridized carbons (Fsp3) is 0.188. The van der Waals surface area contributed by atoms with E-state index in [9.17, 15) is 0 Å². The van der Waals surface area contributed by atoms with Crippen molar-refractivity contribution in [1.29, 1.82) is 0 Å². The number of aromatic nitrogens is 1. The molecular formula is C16H15ClN2OS. The number of nitrogen functional groups attached to an aromatic ring is 1. The van der Waals surface area contributed by atoms with E-state index in [2.05, 4.69) is 31.1 Å². The lowest BCUT2D eigenvalue weighted by Crippen LogP contribution is -1.90. The zero-order valence-electron chi connectivity index (χ0n) is 11.8. The van der Waals surface area contributed by atoms with Crippen molar-refractivity contribution in [2.75, 3.05) is 5.73 Å². The molecule has 0 unspecified atom stereocenters. The minimum atomic E-state index is 0.381. The van der Waals surface area contributed by atoms with Crippen LogP contribution in [0, 0.1) is 0 Å². The fourth-order valence-corrected chi connectivity index (χ4v) is 3.35. The molecule has 3 aromatic rings. The number of thiophene rings is 1. The summed E-state index contributed by atoms with van der Waals surface area (Å²) in [7, 11) is 0. The first-order chi connectivity index (χ1) is 10.1. The molecule has 3 rings (SSSR count). The normalized spacial score (nSPS) is 11.2. The van der Waals surface area contributed by atoms with Gasteiger partial charge in [-0.1, -0.05) is 54.9 Å². The molecular weight excluding hydrogens is 304 g/mol. The predicted molar refractivity (Wildman–Crippen MR) is 88.8 cm³/mol. The number of rotatable bonds is 3. The van der Waals surface area contributed by atoms with Crippen LogP contribution in [0.15, 0.2) is 40.2 Å². The first-order valence-corrected chi connectivity index (χ1v) is 7.92. The van der Waals surface area contributed by atoms with E-state index >= 15 is 0 Å². The molecule has 0 radical (unpaired) electrons. The van der Waals surface area contributed by atoms with Crippen LogP contribution in [0.3, 0.4) is 0 Å². The monoisotopic (exact) mass is 318 g/mol. The molecule has 0 saturated heterocycles. The molecule has 2 N–H and O–H groups in total. The summed E-state index contributed by atoms with van der Waals surface area (Å²) < 4.78 is 5.40. The summed E-state index contributed by atoms with van der Waals surface area (Å²) in [6.45, 7) is 4.33. The van der Waals surface area contributed by atoms with E-state index in [-0.39, 0.29) is 0 Å². The van der Waals surface area contributed by atoms with Gasteiger partial charge in [0.2, 0.25) is 0 Å². The van der Waals surface area contributed by atoms with Gasteiger partial charge in [-0.3, -0.25) is 0 Å². The summed E-state index contributed by atoms with van der Waals surface area (Å²) in [6, 6.07) is 10.1. The van der Waals surface area contributed by atoms with Crippen molar-refractivity contribution in [3.63, 3.8) is 0 Å². The van der Waals surface area contributed by atoms with Crippen LogP contribution in [-0.2, 0) is 0 Å². The van der Waals surface area contributed by atoms with Crippen molar-refractivity contribution < 1.29 is 4.52 Å². The molecule has 3 nitrogen and oxygen atoms in total. The van der Waals surface area contributed by atoms with E-state index in [1.807, 2.05) is 23.6 Å². The van der Waals surface area contributed by atoms with E-state index in [4.69, 9.17) is 21.9 Å². The molecule has 0 aliphatic carbocycles. The molecule has 0 saturated carbocycles. The van der Waals surface area contributed by atoms with Crippen molar-refractivity contribution in [2.45, 2.75) is 19.8 Å². The Hall–Kier alpha value is -1.78. The standard InChI is InChI=1S/C16H15ClN2OS/c1-9(2)10-3-5-11(6-4-10)13-14(20-19-16(13)18)15-12(17)7-8-21-15/h3-9H,1-2H3,(H2,18,19). The quantitative estimate of drug-likeness (QED) is 0.700. The lowest BCUT2D eigenvalue weighted by Gasteiger charge is -2.07. The van der Waals surface area contributed by atoms with Crippen LogP contribution in [0.4, 0.5) is 5.82 Å². The van der Waals surface area contributed by atoms with Gasteiger partial charge in [-0.2, -0.15) is 0 Å². The smallest absolute Gasteiger partial charge is 0.188 e. The molecule has 0 atom stereocenters. The summed E-state index contributed by atoms with van der Waals surface area (Å²) in [5.74, 6) is 1.50. The highest BCUT2D eigenvalue weighted by atomic mass is 35.5. The maximum atomic E-state index is 6.19. The third kappa shape index (κ3) is 2.57. The summed E-state index contributed by atoms with van der Waals surface area (Å²) in [5, 5.41) is 6.47. The molecule has 0 amide bonds. The lowest BCUT2D eigenvalue weighted by atomic mass is 9.98. The van der Waals surface area contributed by atoms with Gasteiger partial charge in [0.25, 0.3) is 0 Å². The molecule has 2 heterocycles. The van der Waals surface area contributed by atoms with Crippen LogP contribution in [0.2, 0.25) is 5.02 Å². The molecule has 0 fully saturated rings. The Balaban J connectivity index is 2.10. The van der Waals surface area contributed by atoms with Crippen LogP contribution in [0.5, 0.6) is 0 Å². The van der Waals surface area contributed by atoms with Crippen LogP contribution < -0.4 is 5.73 Å². The molecule has 21 heavy (non-hydrogen) atoms. The van der Waals surface area contributed by atoms with E-state index in [1.165, 1.54) is 16.9 Å². The Kier molecular flexibility index (Phi) is 3.74. The molecule has 5 heteroatoms. The maximum absolute atomic E-state index is 6.19. The van der Waals surface area contributed by atoms with E-state index in [0.717, 1.165) is 16.0 Å². The second-order valence-corrected chi connectivity index (χ2v) is 6.47. The Labute approximate surface area is 132 Å². The van der Waals surface area contributed by atoms with Gasteiger partial charge in [0, 0.05) is 0 Å². The van der Waals surface area contributed by atoms with Crippen LogP contribution in [0.25, 0.3) is 21.8 Å². The zero-order chi connectivity index (χ0) is 15.0. The molecule has 0 aliphatic rings. The summed E-state index contributed by atoms with van der Waals surface area (Å²) >= 11 is 7.70. The first-order valence-electron chi connectivity index (χ1n) is 6.66. The molecule has 108 valence electrons. The van der Waals surface area contributed by atoms with E-state index < -0.39 is 0 Å². The Morgan fingerprint density at radius 3 is 2.48 bits per heavy atom. The van der Waals surface area contributed by atoms with Gasteiger partial charge in [-0.05, 0) is 28.5 Å². The van der Waals surface area contributed by atoms with Gasteiger partial charge in [0.05, 0.1) is 15.5 Å². The van der Waals surface area contributed by atoms with Gasteiger partial charge in [-0.15, -0.1) is 11.3 Å². The number of halogens is 1. The maximum Gasteiger partial charge on any atom is 0.188 e. The molecule has 0 aliphatic heterocycles. The van der Waals surface area contributed by atoms with Crippen molar-refractivity contribution in [1.82, 2.24) is 5.16 Å². The average Bonchev–Trinajstić information content (AvgIpc) is 3.04. The highest BCUT2D eigenvalue weighted by molar-refractivity contribution is 7.14. The third-order valence-corrected chi connectivity index (χ3v) is 4.75. The van der Waals surface area contributed by atoms with Crippen molar-refractivity contribution in [2.24, 2.45) is 0 Å². The Bertz CT molecular complexity index is 759. The van der Waals surface area contributed by atoms with Crippen molar-refractivity contribution in [3.8, 4) is 21.8 Å². The number of nitrogens with two attached hydrogens (primary N) is 1. The zero-order valence-corrected chi connectivity index (χ0v) is 13.3. The summed E-state index contributed by atoms with van der Waals surface area (Å²) in [5.41, 5.74) is 9.05. The molecule has 0 spiro atoms. The minimum Gasteiger partial charge on any atom is -0.380 e. The SMILES string of the molecule is CC(C)c1ccc(-c2c(N)noc2-c2sccc2Cl)cc1. The third-order valence-electron chi connectivity index (χ3n) is 3.41. The summed E-state index contributed by atoms with van der Waals surface area (Å²) in [6.07, 6.45) is 0. The molecule has 2 aromatic heterocycles. The number of hydrogen-bond donors (Lipinski definition) is 1. The number of hydrogen-bond acceptors (Lipinski definition) is 4. The number of nitrogens with zero attached hydrogens (tertiary/aromatic N) is 1. The molecule has 0 bridgehead atoms. The van der Waals surface area contributed by atoms with Crippen LogP contribution in [-0.4, -0.2) is 5.16 Å². The second-order valence-electron chi connectivity index (χ2n) is 5.15. The summed E-state index contributed by atoms with van der Waals surface area (Å²) in [4.78, 5) is 0.851. The van der Waals surface area contributed by atoms with Gasteiger partial charge in [-0.25, -0.2) is 0 Å². The second kappa shape index (κ2) is 5.54. The van der Waals surface area contributed by atoms with Gasteiger partial charge < -0.3 is 10.3 Å². The van der Waals surface area contributed by atoms with Crippen LogP contribution >= 0.6 is 22.9 Å². The average molecular weight is 319 g/mol. The highest BCUT2D eigenvalue weighted by Gasteiger charge is 2.20. The predicted octanol–water partition coefficient (Wildman–Crippen LogP) is 5.43. The minimum absolute atomic E-state index is 0.381. The number of benzene rings is 1. The van der Waals surface area contributed by atoms with Gasteiger partial charge in [0.15, 0.2) is 11.6 Å². The topological polar surface area (TPSA) is 52.0 Å². The first kappa shape index (κ1) is 14.2. The van der Waals surface area contributed by atoms with Gasteiger partial charge in [0.1, 0.15) is 0 Å².